The van der Waals surface area contributed by atoms with Crippen molar-refractivity contribution in [2.24, 2.45) is 23.7 Å². The second kappa shape index (κ2) is 8.04. The van der Waals surface area contributed by atoms with Gasteiger partial charge in [0.1, 0.15) is 0 Å². The summed E-state index contributed by atoms with van der Waals surface area (Å²) < 4.78 is 22.2. The Bertz CT molecular complexity index is 456. The number of methoxy groups -OCH3 is 2. The lowest BCUT2D eigenvalue weighted by Gasteiger charge is -2.32. The zero-order valence-corrected chi connectivity index (χ0v) is 15.4. The van der Waals surface area contributed by atoms with Crippen LogP contribution < -0.4 is 0 Å². The molecule has 2 aliphatic carbocycles. The van der Waals surface area contributed by atoms with Gasteiger partial charge in [-0.05, 0) is 19.3 Å². The Hall–Kier alpha value is -1.14. The molecule has 6 unspecified atom stereocenters. The highest BCUT2D eigenvalue weighted by molar-refractivity contribution is 5.84. The van der Waals surface area contributed by atoms with E-state index in [9.17, 15) is 9.59 Å². The predicted octanol–water partition coefficient (Wildman–Crippen LogP) is 2.69. The minimum absolute atomic E-state index is 0.0170. The summed E-state index contributed by atoms with van der Waals surface area (Å²) in [5.41, 5.74) is 0. The molecule has 0 radical (unpaired) electrons. The molecule has 2 saturated carbocycles. The molecule has 6 atom stereocenters. The maximum absolute atomic E-state index is 12.3. The molecular weight excluding hydrogens is 324 g/mol. The van der Waals surface area contributed by atoms with Crippen molar-refractivity contribution in [2.75, 3.05) is 14.2 Å². The van der Waals surface area contributed by atoms with Crippen LogP contribution in [-0.4, -0.2) is 44.7 Å². The van der Waals surface area contributed by atoms with E-state index in [1.807, 2.05) is 0 Å². The van der Waals surface area contributed by atoms with Crippen molar-refractivity contribution in [1.82, 2.24) is 0 Å². The van der Waals surface area contributed by atoms with E-state index >= 15 is 0 Å². The number of fused-ring (bicyclic) bond motifs is 5. The van der Waals surface area contributed by atoms with Crippen molar-refractivity contribution < 1.29 is 28.5 Å². The minimum atomic E-state index is -0.476. The molecule has 3 fully saturated rings. The fourth-order valence-electron chi connectivity index (χ4n) is 5.01. The second-order valence-electron chi connectivity index (χ2n) is 7.50. The smallest absolute Gasteiger partial charge is 0.309 e. The third-order valence-electron chi connectivity index (χ3n) is 6.13. The summed E-state index contributed by atoms with van der Waals surface area (Å²) in [6.07, 6.45) is 7.24. The molecule has 6 heteroatoms. The van der Waals surface area contributed by atoms with E-state index in [0.29, 0.717) is 0 Å². The first kappa shape index (κ1) is 18.6. The molecule has 0 N–H and O–H groups in total. The lowest BCUT2D eigenvalue weighted by molar-refractivity contribution is -0.163. The highest BCUT2D eigenvalue weighted by Gasteiger charge is 2.66. The number of carbonyl (C=O) groups excluding carboxylic acids is 2. The van der Waals surface area contributed by atoms with Crippen LogP contribution in [0.5, 0.6) is 0 Å². The first-order valence-electron chi connectivity index (χ1n) is 9.59. The summed E-state index contributed by atoms with van der Waals surface area (Å²) >= 11 is 0. The summed E-state index contributed by atoms with van der Waals surface area (Å²) in [4.78, 5) is 24.5. The van der Waals surface area contributed by atoms with Crippen LogP contribution >= 0.6 is 0 Å². The SMILES string of the molecule is CCCCCCCC1OC2C3CC(C2O1)C(C(=O)OC)C3C(=O)OC. The van der Waals surface area contributed by atoms with E-state index in [1.165, 1.54) is 39.9 Å². The van der Waals surface area contributed by atoms with Crippen molar-refractivity contribution >= 4 is 11.9 Å². The normalized spacial score (nSPS) is 38.6. The van der Waals surface area contributed by atoms with Crippen molar-refractivity contribution in [2.45, 2.75) is 70.4 Å². The Labute approximate surface area is 149 Å². The van der Waals surface area contributed by atoms with Crippen LogP contribution in [-0.2, 0) is 28.5 Å². The number of ether oxygens (including phenoxy) is 4. The Kier molecular flexibility index (Phi) is 6.00. The number of hydrogen-bond acceptors (Lipinski definition) is 6. The standard InChI is InChI=1S/C19H30O6/c1-4-5-6-7-8-9-13-24-16-11-10-12(17(16)25-13)15(19(21)23-3)14(11)18(20)22-2/h11-17H,4-10H2,1-3H3. The van der Waals surface area contributed by atoms with Gasteiger partial charge in [0.2, 0.25) is 0 Å². The average molecular weight is 354 g/mol. The van der Waals surface area contributed by atoms with Crippen molar-refractivity contribution in [3.63, 3.8) is 0 Å². The van der Waals surface area contributed by atoms with Gasteiger partial charge in [0.25, 0.3) is 0 Å². The van der Waals surface area contributed by atoms with Crippen LogP contribution in [0, 0.1) is 23.7 Å². The van der Waals surface area contributed by atoms with E-state index in [4.69, 9.17) is 18.9 Å². The topological polar surface area (TPSA) is 71.1 Å². The van der Waals surface area contributed by atoms with Gasteiger partial charge in [-0.25, -0.2) is 0 Å². The number of unbranched alkanes of at least 4 members (excludes halogenated alkanes) is 4. The van der Waals surface area contributed by atoms with Gasteiger partial charge in [-0.15, -0.1) is 0 Å². The van der Waals surface area contributed by atoms with Crippen LogP contribution in [0.25, 0.3) is 0 Å². The van der Waals surface area contributed by atoms with Crippen LogP contribution in [0.15, 0.2) is 0 Å². The molecule has 3 aliphatic rings. The summed E-state index contributed by atoms with van der Waals surface area (Å²) in [5.74, 6) is -1.67. The first-order chi connectivity index (χ1) is 12.1. The van der Waals surface area contributed by atoms with Gasteiger partial charge < -0.3 is 18.9 Å². The molecule has 0 aromatic rings. The van der Waals surface area contributed by atoms with Crippen LogP contribution in [0.3, 0.4) is 0 Å². The Morgan fingerprint density at radius 2 is 1.40 bits per heavy atom. The molecule has 1 aliphatic heterocycles. The fourth-order valence-corrected chi connectivity index (χ4v) is 5.01. The molecule has 6 nitrogen and oxygen atoms in total. The monoisotopic (exact) mass is 354 g/mol. The first-order valence-corrected chi connectivity index (χ1v) is 9.59. The van der Waals surface area contributed by atoms with Gasteiger partial charge in [0.05, 0.1) is 38.3 Å². The van der Waals surface area contributed by atoms with E-state index in [-0.39, 0.29) is 42.3 Å². The number of carbonyl (C=O) groups is 2. The average Bonchev–Trinajstić information content (AvgIpc) is 3.29. The lowest BCUT2D eigenvalue weighted by atomic mass is 9.76. The highest BCUT2D eigenvalue weighted by atomic mass is 16.7. The van der Waals surface area contributed by atoms with Gasteiger partial charge in [-0.3, -0.25) is 9.59 Å². The van der Waals surface area contributed by atoms with Gasteiger partial charge >= 0.3 is 11.9 Å². The van der Waals surface area contributed by atoms with Gasteiger partial charge in [-0.2, -0.15) is 0 Å². The minimum Gasteiger partial charge on any atom is -0.469 e. The van der Waals surface area contributed by atoms with Gasteiger partial charge in [0.15, 0.2) is 6.29 Å². The molecule has 25 heavy (non-hydrogen) atoms. The number of hydrogen-bond donors (Lipinski definition) is 0. The van der Waals surface area contributed by atoms with Crippen LogP contribution in [0.1, 0.15) is 51.9 Å². The maximum Gasteiger partial charge on any atom is 0.309 e. The second-order valence-corrected chi connectivity index (χ2v) is 7.50. The summed E-state index contributed by atoms with van der Waals surface area (Å²) in [7, 11) is 2.73. The van der Waals surface area contributed by atoms with E-state index < -0.39 is 11.8 Å². The molecule has 3 rings (SSSR count). The van der Waals surface area contributed by atoms with Gasteiger partial charge in [-0.1, -0.05) is 32.6 Å². The fraction of sp³-hybridized carbons (Fsp3) is 0.895. The van der Waals surface area contributed by atoms with E-state index in [0.717, 1.165) is 19.3 Å². The molecule has 2 bridgehead atoms. The Morgan fingerprint density at radius 1 is 0.880 bits per heavy atom. The summed E-state index contributed by atoms with van der Waals surface area (Å²) in [6, 6.07) is 0. The highest BCUT2D eigenvalue weighted by Crippen LogP contribution is 2.57. The number of rotatable bonds is 8. The molecule has 142 valence electrons. The molecule has 0 aromatic heterocycles. The molecular formula is C19H30O6. The molecule has 1 heterocycles. The zero-order valence-electron chi connectivity index (χ0n) is 15.4. The van der Waals surface area contributed by atoms with Crippen molar-refractivity contribution in [1.29, 1.82) is 0 Å². The zero-order chi connectivity index (χ0) is 18.0. The third kappa shape index (κ3) is 3.43. The van der Waals surface area contributed by atoms with Crippen molar-refractivity contribution in [3.05, 3.63) is 0 Å². The lowest BCUT2D eigenvalue weighted by Crippen LogP contribution is -2.46. The summed E-state index contributed by atoms with van der Waals surface area (Å²) in [6.45, 7) is 2.20. The van der Waals surface area contributed by atoms with Crippen molar-refractivity contribution in [3.8, 4) is 0 Å². The quantitative estimate of drug-likeness (QED) is 0.493. The molecule has 0 aromatic carbocycles. The predicted molar refractivity (Wildman–Crippen MR) is 89.5 cm³/mol. The maximum atomic E-state index is 12.3. The van der Waals surface area contributed by atoms with Gasteiger partial charge in [0, 0.05) is 11.8 Å². The number of esters is 2. The largest absolute Gasteiger partial charge is 0.469 e. The molecule has 1 saturated heterocycles. The molecule has 0 amide bonds. The Morgan fingerprint density at radius 3 is 1.88 bits per heavy atom. The van der Waals surface area contributed by atoms with Crippen LogP contribution in [0.2, 0.25) is 0 Å². The third-order valence-corrected chi connectivity index (χ3v) is 6.13. The molecule has 0 spiro atoms. The van der Waals surface area contributed by atoms with E-state index in [1.54, 1.807) is 0 Å². The van der Waals surface area contributed by atoms with Crippen LogP contribution in [0.4, 0.5) is 0 Å². The Balaban J connectivity index is 1.62. The summed E-state index contributed by atoms with van der Waals surface area (Å²) in [5, 5.41) is 0. The van der Waals surface area contributed by atoms with E-state index in [2.05, 4.69) is 6.92 Å².